The lowest BCUT2D eigenvalue weighted by Crippen LogP contribution is -2.18. The van der Waals surface area contributed by atoms with E-state index in [1.807, 2.05) is 0 Å². The second-order valence-corrected chi connectivity index (χ2v) is 11.7. The van der Waals surface area contributed by atoms with Crippen molar-refractivity contribution < 1.29 is 19.4 Å². The molecule has 1 atom stereocenters. The molecule has 0 saturated carbocycles. The molecule has 0 aromatic heterocycles. The molecule has 0 aliphatic rings. The largest absolute Gasteiger partial charge is 0.481 e. The molecule has 4 nitrogen and oxygen atoms in total. The lowest BCUT2D eigenvalue weighted by molar-refractivity contribution is -0.150. The molecule has 0 fully saturated rings. The highest BCUT2D eigenvalue weighted by molar-refractivity contribution is 5.69. The van der Waals surface area contributed by atoms with E-state index in [1.54, 1.807) is 0 Å². The number of carboxylic acid groups (broad SMARTS) is 1. The van der Waals surface area contributed by atoms with E-state index in [0.29, 0.717) is 12.8 Å². The summed E-state index contributed by atoms with van der Waals surface area (Å²) in [7, 11) is 0. The number of hydrogen-bond donors (Lipinski definition) is 1. The van der Waals surface area contributed by atoms with Gasteiger partial charge in [0.15, 0.2) is 0 Å². The van der Waals surface area contributed by atoms with E-state index in [0.717, 1.165) is 38.5 Å². The normalized spacial score (nSPS) is 12.3. The van der Waals surface area contributed by atoms with Crippen LogP contribution in [0.25, 0.3) is 0 Å². The zero-order valence-corrected chi connectivity index (χ0v) is 26.2. The third kappa shape index (κ3) is 31.1. The quantitative estimate of drug-likeness (QED) is 0.0529. The zero-order chi connectivity index (χ0) is 28.7. The van der Waals surface area contributed by atoms with E-state index in [4.69, 9.17) is 9.84 Å². The molecule has 230 valence electrons. The fourth-order valence-corrected chi connectivity index (χ4v) is 5.16. The molecule has 0 amide bonds. The maximum atomic E-state index is 12.5. The second kappa shape index (κ2) is 31.2. The Morgan fingerprint density at radius 1 is 0.538 bits per heavy atom. The third-order valence-corrected chi connectivity index (χ3v) is 7.74. The van der Waals surface area contributed by atoms with E-state index in [1.165, 1.54) is 128 Å². The first-order chi connectivity index (χ1) is 19.1. The average molecular weight is 551 g/mol. The summed E-state index contributed by atoms with van der Waals surface area (Å²) < 4.78 is 5.93. The fourth-order valence-electron chi connectivity index (χ4n) is 5.16. The predicted octanol–water partition coefficient (Wildman–Crippen LogP) is 11.5. The minimum absolute atomic E-state index is 0.0247. The number of ether oxygens (including phenoxy) is 1. The van der Waals surface area contributed by atoms with Gasteiger partial charge in [0.1, 0.15) is 6.10 Å². The summed E-state index contributed by atoms with van der Waals surface area (Å²) in [6, 6.07) is 0. The van der Waals surface area contributed by atoms with Crippen LogP contribution in [0.2, 0.25) is 0 Å². The Morgan fingerprint density at radius 2 is 0.949 bits per heavy atom. The number of aliphatic carboxylic acids is 1. The van der Waals surface area contributed by atoms with Crippen LogP contribution in [-0.2, 0) is 14.3 Å². The molecule has 0 spiro atoms. The van der Waals surface area contributed by atoms with Crippen molar-refractivity contribution in [2.45, 2.75) is 200 Å². The number of hydrogen-bond acceptors (Lipinski definition) is 3. The van der Waals surface area contributed by atoms with Crippen molar-refractivity contribution in [3.05, 3.63) is 12.2 Å². The third-order valence-electron chi connectivity index (χ3n) is 7.74. The average Bonchev–Trinajstić information content (AvgIpc) is 2.91. The van der Waals surface area contributed by atoms with Crippen LogP contribution in [0.4, 0.5) is 0 Å². The number of allylic oxidation sites excluding steroid dienone is 2. The monoisotopic (exact) mass is 550 g/mol. The van der Waals surface area contributed by atoms with Crippen LogP contribution in [0.5, 0.6) is 0 Å². The van der Waals surface area contributed by atoms with Crippen molar-refractivity contribution in [1.82, 2.24) is 0 Å². The number of esters is 1. The Bertz CT molecular complexity index is 557. The lowest BCUT2D eigenvalue weighted by Gasteiger charge is -2.18. The van der Waals surface area contributed by atoms with Gasteiger partial charge in [0.05, 0.1) is 0 Å². The number of carboxylic acids is 1. The summed E-state index contributed by atoms with van der Waals surface area (Å²) in [5, 5.41) is 8.66. The van der Waals surface area contributed by atoms with Crippen LogP contribution in [0.15, 0.2) is 12.2 Å². The first-order valence-corrected chi connectivity index (χ1v) is 17.2. The highest BCUT2D eigenvalue weighted by Gasteiger charge is 2.14. The lowest BCUT2D eigenvalue weighted by atomic mass is 10.0. The molecule has 0 aromatic carbocycles. The Morgan fingerprint density at radius 3 is 1.46 bits per heavy atom. The summed E-state index contributed by atoms with van der Waals surface area (Å²) in [4.78, 5) is 23.0. The molecule has 0 bridgehead atoms. The van der Waals surface area contributed by atoms with Gasteiger partial charge in [-0.2, -0.15) is 0 Å². The van der Waals surface area contributed by atoms with Gasteiger partial charge in [-0.05, 0) is 57.8 Å². The van der Waals surface area contributed by atoms with E-state index in [-0.39, 0.29) is 12.1 Å². The fraction of sp³-hybridized carbons (Fsp3) is 0.886. The van der Waals surface area contributed by atoms with Gasteiger partial charge in [0, 0.05) is 12.8 Å². The Balaban J connectivity index is 3.76. The number of unbranched alkanes of at least 4 members (excludes halogenated alkanes) is 20. The van der Waals surface area contributed by atoms with Crippen molar-refractivity contribution >= 4 is 11.9 Å². The van der Waals surface area contributed by atoms with Crippen LogP contribution in [0, 0.1) is 0 Å². The van der Waals surface area contributed by atoms with Crippen LogP contribution < -0.4 is 0 Å². The molecule has 39 heavy (non-hydrogen) atoms. The van der Waals surface area contributed by atoms with Crippen molar-refractivity contribution in [2.75, 3.05) is 0 Å². The van der Waals surface area contributed by atoms with Gasteiger partial charge >= 0.3 is 11.9 Å². The molecular formula is C35H66O4. The topological polar surface area (TPSA) is 63.6 Å². The molecule has 4 heteroatoms. The second-order valence-electron chi connectivity index (χ2n) is 11.7. The molecule has 0 aliphatic carbocycles. The molecule has 0 rings (SSSR count). The molecule has 0 saturated heterocycles. The summed E-state index contributed by atoms with van der Waals surface area (Å²) in [6.07, 6.45) is 36.8. The number of carbonyl (C=O) groups is 2. The van der Waals surface area contributed by atoms with Gasteiger partial charge in [-0.3, -0.25) is 9.59 Å². The highest BCUT2D eigenvalue weighted by Crippen LogP contribution is 2.18. The summed E-state index contributed by atoms with van der Waals surface area (Å²) in [5.74, 6) is -0.648. The minimum Gasteiger partial charge on any atom is -0.481 e. The van der Waals surface area contributed by atoms with Gasteiger partial charge in [0.2, 0.25) is 0 Å². The molecule has 0 aliphatic heterocycles. The molecule has 0 heterocycles. The van der Waals surface area contributed by atoms with Crippen molar-refractivity contribution in [1.29, 1.82) is 0 Å². The first-order valence-electron chi connectivity index (χ1n) is 17.2. The molecule has 0 aromatic rings. The smallest absolute Gasteiger partial charge is 0.306 e. The van der Waals surface area contributed by atoms with Gasteiger partial charge in [-0.25, -0.2) is 0 Å². The molecule has 1 N–H and O–H groups in total. The van der Waals surface area contributed by atoms with Crippen LogP contribution in [0.1, 0.15) is 194 Å². The summed E-state index contributed by atoms with van der Waals surface area (Å²) in [5.41, 5.74) is 0. The van der Waals surface area contributed by atoms with Crippen molar-refractivity contribution in [2.24, 2.45) is 0 Å². The SMILES string of the molecule is CCCC/C=C\CCCCCCCCC(=O)OC(CCCCC)CCCCCCCCCCCCCC(=O)O. The maximum Gasteiger partial charge on any atom is 0.306 e. The number of rotatable bonds is 31. The van der Waals surface area contributed by atoms with Crippen molar-refractivity contribution in [3.8, 4) is 0 Å². The first kappa shape index (κ1) is 37.7. The molecule has 1 unspecified atom stereocenters. The Hall–Kier alpha value is -1.32. The van der Waals surface area contributed by atoms with Gasteiger partial charge in [-0.15, -0.1) is 0 Å². The van der Waals surface area contributed by atoms with Crippen LogP contribution >= 0.6 is 0 Å². The van der Waals surface area contributed by atoms with Gasteiger partial charge in [-0.1, -0.05) is 135 Å². The van der Waals surface area contributed by atoms with Gasteiger partial charge < -0.3 is 9.84 Å². The van der Waals surface area contributed by atoms with E-state index in [9.17, 15) is 9.59 Å². The van der Waals surface area contributed by atoms with Crippen molar-refractivity contribution in [3.63, 3.8) is 0 Å². The van der Waals surface area contributed by atoms with E-state index >= 15 is 0 Å². The van der Waals surface area contributed by atoms with Crippen LogP contribution in [-0.4, -0.2) is 23.1 Å². The summed E-state index contributed by atoms with van der Waals surface area (Å²) in [6.45, 7) is 4.47. The molecular weight excluding hydrogens is 484 g/mol. The van der Waals surface area contributed by atoms with Crippen LogP contribution in [0.3, 0.4) is 0 Å². The summed E-state index contributed by atoms with van der Waals surface area (Å²) >= 11 is 0. The van der Waals surface area contributed by atoms with Gasteiger partial charge in [0.25, 0.3) is 0 Å². The minimum atomic E-state index is -0.672. The molecule has 0 radical (unpaired) electrons. The standard InChI is InChI=1S/C35H66O4/c1-3-5-7-8-9-10-11-15-18-21-24-28-32-35(38)39-33(29-25-6-4-2)30-26-22-19-16-13-12-14-17-20-23-27-31-34(36)37/h8-9,33H,3-7,10-32H2,1-2H3,(H,36,37)/b9-8-. The maximum absolute atomic E-state index is 12.5. The zero-order valence-electron chi connectivity index (χ0n) is 26.2. The number of carbonyl (C=O) groups excluding carboxylic acids is 1. The van der Waals surface area contributed by atoms with E-state index in [2.05, 4.69) is 26.0 Å². The highest BCUT2D eigenvalue weighted by atomic mass is 16.5. The van der Waals surface area contributed by atoms with E-state index < -0.39 is 5.97 Å². The Labute approximate surface area is 243 Å². The Kier molecular flexibility index (Phi) is 30.2. The predicted molar refractivity (Wildman–Crippen MR) is 167 cm³/mol.